The lowest BCUT2D eigenvalue weighted by Crippen LogP contribution is -2.26. The second-order valence-electron chi connectivity index (χ2n) is 6.38. The Morgan fingerprint density at radius 1 is 1.15 bits per heavy atom. The number of hydrogen-bond acceptors (Lipinski definition) is 2. The average molecular weight is 379 g/mol. The molecule has 0 spiro atoms. The number of rotatable bonds is 6. The fourth-order valence-electron chi connectivity index (χ4n) is 3.10. The maximum Gasteiger partial charge on any atom is 0.267 e. The van der Waals surface area contributed by atoms with Crippen LogP contribution in [0.5, 0.6) is 0 Å². The number of aromatic amines is 1. The highest BCUT2D eigenvalue weighted by molar-refractivity contribution is 6.31. The van der Waals surface area contributed by atoms with E-state index in [0.717, 1.165) is 23.3 Å². The molecule has 136 valence electrons. The number of halogens is 1. The van der Waals surface area contributed by atoms with Gasteiger partial charge in [0.2, 0.25) is 0 Å². The summed E-state index contributed by atoms with van der Waals surface area (Å²) in [5.41, 5.74) is 2.64. The van der Waals surface area contributed by atoms with Crippen LogP contribution in [0.2, 0.25) is 5.02 Å². The van der Waals surface area contributed by atoms with Crippen molar-refractivity contribution in [3.63, 3.8) is 0 Å². The summed E-state index contributed by atoms with van der Waals surface area (Å²) < 4.78 is 2.10. The summed E-state index contributed by atoms with van der Waals surface area (Å²) >= 11 is 6.00. The Balaban J connectivity index is 1.37. The third-order valence-corrected chi connectivity index (χ3v) is 4.69. The van der Waals surface area contributed by atoms with E-state index in [2.05, 4.69) is 32.0 Å². The molecule has 0 aliphatic heterocycles. The number of nitrogens with one attached hydrogen (secondary N) is 2. The van der Waals surface area contributed by atoms with Gasteiger partial charge < -0.3 is 14.9 Å². The number of carbonyl (C=O) groups is 1. The van der Waals surface area contributed by atoms with Crippen LogP contribution < -0.4 is 5.32 Å². The van der Waals surface area contributed by atoms with Crippen molar-refractivity contribution in [3.05, 3.63) is 89.1 Å². The van der Waals surface area contributed by atoms with Crippen LogP contribution in [-0.4, -0.2) is 27.0 Å². The van der Waals surface area contributed by atoms with E-state index >= 15 is 0 Å². The van der Waals surface area contributed by atoms with Gasteiger partial charge >= 0.3 is 0 Å². The summed E-state index contributed by atoms with van der Waals surface area (Å²) in [6, 6.07) is 17.6. The maximum atomic E-state index is 12.4. The average Bonchev–Trinajstić information content (AvgIpc) is 3.29. The minimum absolute atomic E-state index is 0.136. The molecule has 2 aromatic heterocycles. The van der Waals surface area contributed by atoms with Gasteiger partial charge in [-0.15, -0.1) is 0 Å². The fraction of sp³-hybridized carbons (Fsp3) is 0.143. The molecule has 6 heteroatoms. The van der Waals surface area contributed by atoms with Crippen molar-refractivity contribution >= 4 is 28.4 Å². The van der Waals surface area contributed by atoms with Crippen LogP contribution in [0.1, 0.15) is 21.9 Å². The van der Waals surface area contributed by atoms with Gasteiger partial charge in [-0.25, -0.2) is 4.98 Å². The molecular weight excluding hydrogens is 360 g/mol. The highest BCUT2D eigenvalue weighted by Gasteiger charge is 2.10. The third kappa shape index (κ3) is 4.04. The number of imidazole rings is 1. The van der Waals surface area contributed by atoms with Crippen LogP contribution in [-0.2, 0) is 13.0 Å². The van der Waals surface area contributed by atoms with Crippen molar-refractivity contribution in [2.45, 2.75) is 13.0 Å². The van der Waals surface area contributed by atoms with E-state index in [9.17, 15) is 4.79 Å². The lowest BCUT2D eigenvalue weighted by molar-refractivity contribution is 0.0949. The second kappa shape index (κ2) is 7.68. The summed E-state index contributed by atoms with van der Waals surface area (Å²) in [4.78, 5) is 19.9. The molecule has 4 rings (SSSR count). The molecule has 0 aliphatic carbocycles. The van der Waals surface area contributed by atoms with E-state index in [1.165, 1.54) is 5.56 Å². The van der Waals surface area contributed by atoms with E-state index in [4.69, 9.17) is 11.6 Å². The molecule has 2 heterocycles. The maximum absolute atomic E-state index is 12.4. The molecule has 27 heavy (non-hydrogen) atoms. The molecule has 1 amide bonds. The van der Waals surface area contributed by atoms with Crippen LogP contribution in [0, 0.1) is 0 Å². The Kier molecular flexibility index (Phi) is 4.94. The van der Waals surface area contributed by atoms with Gasteiger partial charge in [0.05, 0.1) is 0 Å². The molecule has 0 unspecified atom stereocenters. The third-order valence-electron chi connectivity index (χ3n) is 4.46. The smallest absolute Gasteiger partial charge is 0.267 e. The van der Waals surface area contributed by atoms with Crippen LogP contribution in [0.25, 0.3) is 10.9 Å². The molecule has 0 aliphatic rings. The first kappa shape index (κ1) is 17.4. The van der Waals surface area contributed by atoms with E-state index in [0.29, 0.717) is 23.7 Å². The van der Waals surface area contributed by atoms with Crippen molar-refractivity contribution in [2.75, 3.05) is 6.54 Å². The van der Waals surface area contributed by atoms with Gasteiger partial charge in [0.15, 0.2) is 0 Å². The molecule has 0 fully saturated rings. The zero-order valence-electron chi connectivity index (χ0n) is 14.7. The molecule has 0 bridgehead atoms. The molecule has 0 radical (unpaired) electrons. The zero-order chi connectivity index (χ0) is 18.6. The predicted molar refractivity (Wildman–Crippen MR) is 107 cm³/mol. The summed E-state index contributed by atoms with van der Waals surface area (Å²) in [7, 11) is 0. The first-order valence-electron chi connectivity index (χ1n) is 8.79. The lowest BCUT2D eigenvalue weighted by Gasteiger charge is -2.08. The monoisotopic (exact) mass is 378 g/mol. The molecule has 0 saturated heterocycles. The number of carbonyl (C=O) groups excluding carboxylic acids is 1. The summed E-state index contributed by atoms with van der Waals surface area (Å²) in [6.45, 7) is 1.29. The molecule has 2 aromatic carbocycles. The van der Waals surface area contributed by atoms with E-state index in [1.807, 2.05) is 42.6 Å². The summed E-state index contributed by atoms with van der Waals surface area (Å²) in [5.74, 6) is 0.811. The number of nitrogens with zero attached hydrogens (tertiary/aromatic N) is 2. The van der Waals surface area contributed by atoms with E-state index in [-0.39, 0.29) is 5.91 Å². The van der Waals surface area contributed by atoms with E-state index in [1.54, 1.807) is 12.3 Å². The lowest BCUT2D eigenvalue weighted by atomic mass is 10.2. The Morgan fingerprint density at radius 3 is 2.85 bits per heavy atom. The SMILES string of the molecule is O=C(NCCc1nccn1Cc1ccccc1)c1cc2cc(Cl)ccc2[nH]1. The Labute approximate surface area is 162 Å². The first-order valence-corrected chi connectivity index (χ1v) is 9.17. The second-order valence-corrected chi connectivity index (χ2v) is 6.81. The number of aromatic nitrogens is 3. The topological polar surface area (TPSA) is 62.7 Å². The van der Waals surface area contributed by atoms with Gasteiger partial charge in [0, 0.05) is 47.8 Å². The molecule has 2 N–H and O–H groups in total. The number of hydrogen-bond donors (Lipinski definition) is 2. The standard InChI is InChI=1S/C21H19ClN4O/c22-17-6-7-18-16(12-17)13-19(25-18)21(27)24-9-8-20-23-10-11-26(20)14-15-4-2-1-3-5-15/h1-7,10-13,25H,8-9,14H2,(H,24,27). The molecule has 4 aromatic rings. The summed E-state index contributed by atoms with van der Waals surface area (Å²) in [5, 5.41) is 4.52. The largest absolute Gasteiger partial charge is 0.351 e. The van der Waals surface area contributed by atoms with E-state index < -0.39 is 0 Å². The van der Waals surface area contributed by atoms with Crippen LogP contribution >= 0.6 is 11.6 Å². The Morgan fingerprint density at radius 2 is 2.00 bits per heavy atom. The van der Waals surface area contributed by atoms with Gasteiger partial charge in [-0.05, 0) is 29.8 Å². The van der Waals surface area contributed by atoms with Crippen LogP contribution in [0.4, 0.5) is 0 Å². The quantitative estimate of drug-likeness (QED) is 0.532. The minimum Gasteiger partial charge on any atom is -0.351 e. The molecule has 5 nitrogen and oxygen atoms in total. The van der Waals surface area contributed by atoms with Gasteiger partial charge in [-0.1, -0.05) is 41.9 Å². The fourth-order valence-corrected chi connectivity index (χ4v) is 3.28. The van der Waals surface area contributed by atoms with Gasteiger partial charge in [0.25, 0.3) is 5.91 Å². The van der Waals surface area contributed by atoms with Crippen molar-refractivity contribution in [3.8, 4) is 0 Å². The molecule has 0 saturated carbocycles. The summed E-state index contributed by atoms with van der Waals surface area (Å²) in [6.07, 6.45) is 4.42. The Bertz CT molecular complexity index is 1070. The van der Waals surface area contributed by atoms with Gasteiger partial charge in [-0.2, -0.15) is 0 Å². The molecular formula is C21H19ClN4O. The van der Waals surface area contributed by atoms with Gasteiger partial charge in [-0.3, -0.25) is 4.79 Å². The van der Waals surface area contributed by atoms with Crippen molar-refractivity contribution < 1.29 is 4.79 Å². The van der Waals surface area contributed by atoms with Crippen molar-refractivity contribution in [1.82, 2.24) is 19.9 Å². The Hall–Kier alpha value is -3.05. The van der Waals surface area contributed by atoms with Crippen molar-refractivity contribution in [1.29, 1.82) is 0 Å². The number of H-pyrrole nitrogens is 1. The highest BCUT2D eigenvalue weighted by atomic mass is 35.5. The minimum atomic E-state index is -0.136. The highest BCUT2D eigenvalue weighted by Crippen LogP contribution is 2.20. The predicted octanol–water partition coefficient (Wildman–Crippen LogP) is 4.04. The number of fused-ring (bicyclic) bond motifs is 1. The van der Waals surface area contributed by atoms with Gasteiger partial charge in [0.1, 0.15) is 11.5 Å². The normalized spacial score (nSPS) is 11.0. The number of benzene rings is 2. The van der Waals surface area contributed by atoms with Crippen LogP contribution in [0.3, 0.4) is 0 Å². The zero-order valence-corrected chi connectivity index (χ0v) is 15.4. The molecule has 0 atom stereocenters. The number of amides is 1. The first-order chi connectivity index (χ1) is 13.2. The van der Waals surface area contributed by atoms with Crippen LogP contribution in [0.15, 0.2) is 67.0 Å². The van der Waals surface area contributed by atoms with Crippen molar-refractivity contribution in [2.24, 2.45) is 0 Å².